The third-order valence-electron chi connectivity index (χ3n) is 4.99. The van der Waals surface area contributed by atoms with Gasteiger partial charge in [-0.2, -0.15) is 5.10 Å². The van der Waals surface area contributed by atoms with Gasteiger partial charge in [-0.15, -0.1) is 10.2 Å². The van der Waals surface area contributed by atoms with Gasteiger partial charge in [0.1, 0.15) is 18.1 Å². The average Bonchev–Trinajstić information content (AvgIpc) is 3.36. The van der Waals surface area contributed by atoms with Crippen molar-refractivity contribution < 1.29 is 24.2 Å². The number of hydrazone groups is 1. The van der Waals surface area contributed by atoms with E-state index in [2.05, 4.69) is 20.7 Å². The summed E-state index contributed by atoms with van der Waals surface area (Å²) >= 11 is 1.22. The monoisotopic (exact) mass is 516 g/mol. The molecular weight excluding hydrogens is 494 g/mol. The Bertz CT molecular complexity index is 1390. The Morgan fingerprint density at radius 1 is 1.03 bits per heavy atom. The van der Waals surface area contributed by atoms with Gasteiger partial charge in [0.05, 0.1) is 25.0 Å². The Kier molecular flexibility index (Phi) is 8.50. The molecule has 4 rings (SSSR count). The van der Waals surface area contributed by atoms with Crippen LogP contribution in [0.1, 0.15) is 5.56 Å². The quantitative estimate of drug-likeness (QED) is 0.183. The number of hydrogen-bond donors (Lipinski definition) is 1. The summed E-state index contributed by atoms with van der Waals surface area (Å²) in [4.78, 5) is 23.1. The van der Waals surface area contributed by atoms with Crippen molar-refractivity contribution in [1.82, 2.24) is 20.2 Å². The molecule has 1 N–H and O–H groups in total. The van der Waals surface area contributed by atoms with E-state index in [1.807, 2.05) is 59.2 Å². The lowest BCUT2D eigenvalue weighted by atomic mass is 10.2. The first-order chi connectivity index (χ1) is 18.0. The molecule has 10 nitrogen and oxygen atoms in total. The van der Waals surface area contributed by atoms with Crippen molar-refractivity contribution in [2.75, 3.05) is 19.5 Å². The molecule has 3 aromatic carbocycles. The SMILES string of the molecule is COc1ccc(-c2nnc(SCC(=O)N/N=C\c3ccccc3OCC(=O)[O-])n2-c2ccccc2)cc1. The highest BCUT2D eigenvalue weighted by Crippen LogP contribution is 2.29. The first-order valence-electron chi connectivity index (χ1n) is 11.1. The number of rotatable bonds is 11. The van der Waals surface area contributed by atoms with Gasteiger partial charge in [-0.05, 0) is 48.5 Å². The zero-order valence-corrected chi connectivity index (χ0v) is 20.6. The van der Waals surface area contributed by atoms with Crippen LogP contribution in [0.15, 0.2) is 89.1 Å². The second-order valence-corrected chi connectivity index (χ2v) is 8.43. The van der Waals surface area contributed by atoms with Crippen molar-refractivity contribution in [3.63, 3.8) is 0 Å². The van der Waals surface area contributed by atoms with Crippen LogP contribution in [-0.4, -0.2) is 52.3 Å². The van der Waals surface area contributed by atoms with E-state index in [1.54, 1.807) is 31.4 Å². The minimum atomic E-state index is -1.34. The number of carboxylic acid groups (broad SMARTS) is 1. The lowest BCUT2D eigenvalue weighted by molar-refractivity contribution is -0.307. The summed E-state index contributed by atoms with van der Waals surface area (Å²) in [6, 6.07) is 23.8. The van der Waals surface area contributed by atoms with Crippen LogP contribution in [0.5, 0.6) is 11.5 Å². The number of aliphatic carboxylic acids is 1. The molecule has 4 aromatic rings. The normalized spacial score (nSPS) is 10.8. The number of aromatic nitrogens is 3. The van der Waals surface area contributed by atoms with Crippen molar-refractivity contribution in [3.8, 4) is 28.6 Å². The lowest BCUT2D eigenvalue weighted by Crippen LogP contribution is -2.29. The summed E-state index contributed by atoms with van der Waals surface area (Å²) in [5, 5.41) is 23.8. The highest BCUT2D eigenvalue weighted by molar-refractivity contribution is 7.99. The molecule has 0 fully saturated rings. The van der Waals surface area contributed by atoms with Gasteiger partial charge in [-0.1, -0.05) is 42.1 Å². The minimum absolute atomic E-state index is 0.0355. The van der Waals surface area contributed by atoms with Crippen LogP contribution in [0.4, 0.5) is 0 Å². The van der Waals surface area contributed by atoms with E-state index < -0.39 is 12.6 Å². The summed E-state index contributed by atoms with van der Waals surface area (Å²) in [5.74, 6) is 0.00495. The van der Waals surface area contributed by atoms with Gasteiger partial charge in [0, 0.05) is 16.8 Å². The molecule has 0 aliphatic heterocycles. The van der Waals surface area contributed by atoms with E-state index in [1.165, 1.54) is 18.0 Å². The van der Waals surface area contributed by atoms with Crippen LogP contribution >= 0.6 is 11.8 Å². The lowest BCUT2D eigenvalue weighted by Gasteiger charge is -2.10. The number of amides is 1. The number of nitrogens with zero attached hydrogens (tertiary/aromatic N) is 4. The number of carbonyl (C=O) groups excluding carboxylic acids is 2. The standard InChI is InChI=1S/C26H23N5O5S/c1-35-21-13-11-18(12-14-21)25-29-30-26(31(25)20-8-3-2-4-9-20)37-17-23(32)28-27-15-19-7-5-6-10-22(19)36-16-24(33)34/h2-15H,16-17H2,1H3,(H,28,32)(H,33,34)/p-1/b27-15-. The number of para-hydroxylation sites is 2. The van der Waals surface area contributed by atoms with Gasteiger partial charge >= 0.3 is 0 Å². The number of benzene rings is 3. The molecular formula is C26H22N5O5S-. The number of nitrogens with one attached hydrogen (secondary N) is 1. The number of ether oxygens (including phenoxy) is 2. The van der Waals surface area contributed by atoms with E-state index in [0.29, 0.717) is 22.3 Å². The molecule has 0 unspecified atom stereocenters. The molecule has 0 aliphatic rings. The average molecular weight is 517 g/mol. The fraction of sp³-hybridized carbons (Fsp3) is 0.115. The Labute approximate surface area is 217 Å². The Hall–Kier alpha value is -4.64. The van der Waals surface area contributed by atoms with Gasteiger partial charge in [-0.25, -0.2) is 5.43 Å². The Morgan fingerprint density at radius 3 is 2.49 bits per heavy atom. The Morgan fingerprint density at radius 2 is 1.76 bits per heavy atom. The van der Waals surface area contributed by atoms with E-state index in [4.69, 9.17) is 9.47 Å². The van der Waals surface area contributed by atoms with Gasteiger partial charge in [0.15, 0.2) is 11.0 Å². The number of hydrogen-bond acceptors (Lipinski definition) is 9. The van der Waals surface area contributed by atoms with Crippen molar-refractivity contribution in [2.45, 2.75) is 5.16 Å². The molecule has 1 heterocycles. The zero-order valence-electron chi connectivity index (χ0n) is 19.7. The molecule has 0 bridgehead atoms. The highest BCUT2D eigenvalue weighted by atomic mass is 32.2. The van der Waals surface area contributed by atoms with Crippen molar-refractivity contribution in [3.05, 3.63) is 84.4 Å². The number of carbonyl (C=O) groups is 2. The van der Waals surface area contributed by atoms with E-state index in [0.717, 1.165) is 17.0 Å². The van der Waals surface area contributed by atoms with Crippen LogP contribution < -0.4 is 20.0 Å². The predicted molar refractivity (Wildman–Crippen MR) is 137 cm³/mol. The van der Waals surface area contributed by atoms with E-state index >= 15 is 0 Å². The van der Waals surface area contributed by atoms with Crippen LogP contribution in [0.25, 0.3) is 17.1 Å². The van der Waals surface area contributed by atoms with E-state index in [9.17, 15) is 14.7 Å². The molecule has 11 heteroatoms. The molecule has 0 atom stereocenters. The van der Waals surface area contributed by atoms with Crippen molar-refractivity contribution in [2.24, 2.45) is 5.10 Å². The molecule has 0 radical (unpaired) electrons. The number of methoxy groups -OCH3 is 1. The van der Waals surface area contributed by atoms with Crippen molar-refractivity contribution in [1.29, 1.82) is 0 Å². The highest BCUT2D eigenvalue weighted by Gasteiger charge is 2.17. The van der Waals surface area contributed by atoms with Gasteiger partial charge in [0.25, 0.3) is 5.91 Å². The van der Waals surface area contributed by atoms with Crippen LogP contribution in [0.3, 0.4) is 0 Å². The second-order valence-electron chi connectivity index (χ2n) is 7.49. The van der Waals surface area contributed by atoms with Crippen LogP contribution in [0, 0.1) is 0 Å². The van der Waals surface area contributed by atoms with E-state index in [-0.39, 0.29) is 11.7 Å². The molecule has 1 aromatic heterocycles. The third-order valence-corrected chi connectivity index (χ3v) is 5.91. The van der Waals surface area contributed by atoms with Crippen LogP contribution in [-0.2, 0) is 9.59 Å². The van der Waals surface area contributed by atoms with Gasteiger partial charge in [0.2, 0.25) is 0 Å². The topological polar surface area (TPSA) is 131 Å². The summed E-state index contributed by atoms with van der Waals surface area (Å²) in [6.07, 6.45) is 1.38. The zero-order chi connectivity index (χ0) is 26.0. The van der Waals surface area contributed by atoms with Gasteiger partial charge in [-0.3, -0.25) is 9.36 Å². The maximum atomic E-state index is 12.5. The van der Waals surface area contributed by atoms with Crippen LogP contribution in [0.2, 0.25) is 0 Å². The maximum Gasteiger partial charge on any atom is 0.250 e. The fourth-order valence-corrected chi connectivity index (χ4v) is 4.04. The predicted octanol–water partition coefficient (Wildman–Crippen LogP) is 2.31. The fourth-order valence-electron chi connectivity index (χ4n) is 3.29. The molecule has 0 saturated carbocycles. The Balaban J connectivity index is 1.45. The summed E-state index contributed by atoms with van der Waals surface area (Å²) in [6.45, 7) is -0.589. The molecule has 37 heavy (non-hydrogen) atoms. The largest absolute Gasteiger partial charge is 0.546 e. The third kappa shape index (κ3) is 6.73. The summed E-state index contributed by atoms with van der Waals surface area (Å²) in [7, 11) is 1.61. The smallest absolute Gasteiger partial charge is 0.250 e. The second kappa shape index (κ2) is 12.4. The minimum Gasteiger partial charge on any atom is -0.546 e. The number of carboxylic acids is 1. The van der Waals surface area contributed by atoms with Crippen molar-refractivity contribution >= 4 is 29.9 Å². The molecule has 0 saturated heterocycles. The first kappa shape index (κ1) is 25.5. The molecule has 0 aliphatic carbocycles. The van der Waals surface area contributed by atoms with Gasteiger partial charge < -0.3 is 19.4 Å². The summed E-state index contributed by atoms with van der Waals surface area (Å²) < 4.78 is 12.3. The molecule has 1 amide bonds. The number of thioether (sulfide) groups is 1. The summed E-state index contributed by atoms with van der Waals surface area (Å²) in [5.41, 5.74) is 4.66. The maximum absolute atomic E-state index is 12.5. The molecule has 0 spiro atoms. The first-order valence-corrected chi connectivity index (χ1v) is 12.1. The molecule has 188 valence electrons.